The molecule has 0 aromatic heterocycles. The maximum absolute atomic E-state index is 12.0. The second-order valence-electron chi connectivity index (χ2n) is 6.56. The predicted molar refractivity (Wildman–Crippen MR) is 96.5 cm³/mol. The third-order valence-corrected chi connectivity index (χ3v) is 4.59. The van der Waals surface area contributed by atoms with Gasteiger partial charge >= 0.3 is 12.1 Å². The fraction of sp³-hybridized carbons (Fsp3) is 0.812. The number of rotatable bonds is 12. The van der Waals surface area contributed by atoms with E-state index in [9.17, 15) is 27.9 Å². The van der Waals surface area contributed by atoms with Gasteiger partial charge in [-0.15, -0.1) is 0 Å². The summed E-state index contributed by atoms with van der Waals surface area (Å²) >= 11 is 0. The molecule has 0 fully saturated rings. The minimum Gasteiger partial charge on any atom is -0.435 e. The molecule has 0 bridgehead atoms. The monoisotopic (exact) mass is 427 g/mol. The largest absolute Gasteiger partial charge is 0.511 e. The molecule has 0 aliphatic carbocycles. The average Bonchev–Trinajstić information content (AvgIpc) is 2.56. The molecule has 0 aromatic rings. The highest BCUT2D eigenvalue weighted by Gasteiger charge is 2.37. The Morgan fingerprint density at radius 1 is 1.18 bits per heavy atom. The van der Waals surface area contributed by atoms with Gasteiger partial charge in [0.1, 0.15) is 0 Å². The topological polar surface area (TPSA) is 155 Å². The summed E-state index contributed by atoms with van der Waals surface area (Å²) in [5, 5.41) is 12.6. The Kier molecular flexibility index (Phi) is 11.0. The molecule has 1 unspecified atom stereocenters. The highest BCUT2D eigenvalue weighted by Crippen LogP contribution is 2.24. The minimum atomic E-state index is -3.92. The van der Waals surface area contributed by atoms with Crippen molar-refractivity contribution in [2.75, 3.05) is 25.5 Å². The second-order valence-corrected chi connectivity index (χ2v) is 8.32. The van der Waals surface area contributed by atoms with Crippen LogP contribution >= 0.6 is 0 Å². The van der Waals surface area contributed by atoms with Gasteiger partial charge in [-0.1, -0.05) is 13.8 Å². The van der Waals surface area contributed by atoms with E-state index >= 15 is 0 Å². The Morgan fingerprint density at radius 2 is 1.79 bits per heavy atom. The van der Waals surface area contributed by atoms with Crippen LogP contribution in [0.15, 0.2) is 0 Å². The minimum absolute atomic E-state index is 0.0752. The first-order valence-corrected chi connectivity index (χ1v) is 10.2. The lowest BCUT2D eigenvalue weighted by Crippen LogP contribution is -2.43. The molecule has 0 rings (SSSR count). The third kappa shape index (κ3) is 11.0. The zero-order chi connectivity index (χ0) is 22.0. The van der Waals surface area contributed by atoms with Gasteiger partial charge in [-0.05, 0) is 13.3 Å². The standard InChI is InChI=1S/C16H29NO10S/c1-6-24-15(21)27-12(3)26-14(20)13(19)16(4,5)10-25-28(22,23)9-7-8-17-11(2)18/h12-13,19H,6-10H2,1-5H3,(H,17,18)/t12-,13?/m0/s1. The van der Waals surface area contributed by atoms with Crippen molar-refractivity contribution in [3.8, 4) is 0 Å². The van der Waals surface area contributed by atoms with Crippen molar-refractivity contribution in [2.45, 2.75) is 53.4 Å². The Labute approximate surface area is 164 Å². The first kappa shape index (κ1) is 26.1. The van der Waals surface area contributed by atoms with E-state index in [-0.39, 0.29) is 31.2 Å². The summed E-state index contributed by atoms with van der Waals surface area (Å²) in [6.45, 7) is 6.71. The molecule has 1 amide bonds. The Balaban J connectivity index is 4.55. The van der Waals surface area contributed by atoms with Crippen LogP contribution in [-0.4, -0.2) is 69.5 Å². The van der Waals surface area contributed by atoms with Gasteiger partial charge in [0, 0.05) is 25.8 Å². The Morgan fingerprint density at radius 3 is 2.32 bits per heavy atom. The van der Waals surface area contributed by atoms with E-state index in [1.54, 1.807) is 6.92 Å². The highest BCUT2D eigenvalue weighted by atomic mass is 32.2. The molecule has 0 saturated heterocycles. The van der Waals surface area contributed by atoms with E-state index < -0.39 is 46.7 Å². The molecule has 0 heterocycles. The molecule has 0 aliphatic rings. The molecule has 11 nitrogen and oxygen atoms in total. The lowest BCUT2D eigenvalue weighted by Gasteiger charge is -2.29. The van der Waals surface area contributed by atoms with Crippen LogP contribution in [0.5, 0.6) is 0 Å². The third-order valence-electron chi connectivity index (χ3n) is 3.33. The molecule has 0 spiro atoms. The number of esters is 1. The van der Waals surface area contributed by atoms with E-state index in [1.807, 2.05) is 0 Å². The van der Waals surface area contributed by atoms with Crippen LogP contribution in [0.4, 0.5) is 4.79 Å². The van der Waals surface area contributed by atoms with Gasteiger partial charge in [0.15, 0.2) is 6.10 Å². The summed E-state index contributed by atoms with van der Waals surface area (Å²) in [5.74, 6) is -1.73. The molecule has 28 heavy (non-hydrogen) atoms. The Bertz CT molecular complexity index is 631. The Hall–Kier alpha value is -1.92. The molecule has 0 aliphatic heterocycles. The number of ether oxygens (including phenoxy) is 3. The molecular weight excluding hydrogens is 398 g/mol. The zero-order valence-corrected chi connectivity index (χ0v) is 17.5. The van der Waals surface area contributed by atoms with Gasteiger partial charge in [-0.3, -0.25) is 8.98 Å². The summed E-state index contributed by atoms with van der Waals surface area (Å²) in [6, 6.07) is 0. The molecule has 0 saturated carbocycles. The van der Waals surface area contributed by atoms with E-state index in [2.05, 4.69) is 14.8 Å². The summed E-state index contributed by atoms with van der Waals surface area (Å²) in [7, 11) is -3.92. The van der Waals surface area contributed by atoms with Crippen LogP contribution in [0, 0.1) is 5.41 Å². The molecule has 0 aromatic carbocycles. The van der Waals surface area contributed by atoms with Crippen molar-refractivity contribution >= 4 is 28.1 Å². The molecule has 2 N–H and O–H groups in total. The number of amides is 1. The zero-order valence-electron chi connectivity index (χ0n) is 16.7. The highest BCUT2D eigenvalue weighted by molar-refractivity contribution is 7.86. The number of hydrogen-bond donors (Lipinski definition) is 2. The fourth-order valence-electron chi connectivity index (χ4n) is 1.75. The van der Waals surface area contributed by atoms with E-state index in [4.69, 9.17) is 8.92 Å². The summed E-state index contributed by atoms with van der Waals surface area (Å²) in [4.78, 5) is 33.9. The number of carbonyl (C=O) groups excluding carboxylic acids is 3. The molecular formula is C16H29NO10S. The number of aliphatic hydroxyl groups is 1. The number of hydrogen-bond acceptors (Lipinski definition) is 10. The van der Waals surface area contributed by atoms with Crippen LogP contribution in [-0.2, 0) is 38.1 Å². The van der Waals surface area contributed by atoms with Gasteiger partial charge < -0.3 is 24.6 Å². The molecule has 2 atom stereocenters. The van der Waals surface area contributed by atoms with Crippen LogP contribution < -0.4 is 5.32 Å². The predicted octanol–water partition coefficient (Wildman–Crippen LogP) is 0.308. The van der Waals surface area contributed by atoms with Crippen LogP contribution in [0.25, 0.3) is 0 Å². The van der Waals surface area contributed by atoms with Crippen molar-refractivity contribution < 1.29 is 46.3 Å². The fourth-order valence-corrected chi connectivity index (χ4v) is 2.85. The van der Waals surface area contributed by atoms with Crippen molar-refractivity contribution in [2.24, 2.45) is 5.41 Å². The van der Waals surface area contributed by atoms with Gasteiger partial charge in [0.05, 0.1) is 19.0 Å². The molecule has 164 valence electrons. The second kappa shape index (κ2) is 11.8. The quantitative estimate of drug-likeness (QED) is 0.192. The van der Waals surface area contributed by atoms with Crippen molar-refractivity contribution in [3.05, 3.63) is 0 Å². The van der Waals surface area contributed by atoms with E-state index in [0.29, 0.717) is 0 Å². The number of carbonyl (C=O) groups is 3. The maximum Gasteiger partial charge on any atom is 0.511 e. The van der Waals surface area contributed by atoms with Crippen LogP contribution in [0.1, 0.15) is 41.0 Å². The summed E-state index contributed by atoms with van der Waals surface area (Å²) in [5.41, 5.74) is -1.31. The van der Waals surface area contributed by atoms with Gasteiger partial charge in [0.25, 0.3) is 10.1 Å². The van der Waals surface area contributed by atoms with Gasteiger partial charge in [-0.25, -0.2) is 9.59 Å². The van der Waals surface area contributed by atoms with Crippen LogP contribution in [0.3, 0.4) is 0 Å². The first-order chi connectivity index (χ1) is 12.8. The lowest BCUT2D eigenvalue weighted by atomic mass is 9.88. The summed E-state index contributed by atoms with van der Waals surface area (Å²) < 4.78 is 42.6. The SMILES string of the molecule is CCOC(=O)O[C@@H](C)OC(=O)C(O)C(C)(C)COS(=O)(=O)CCCNC(C)=O. The number of aliphatic hydroxyl groups excluding tert-OH is 1. The molecule has 0 radical (unpaired) electrons. The average molecular weight is 427 g/mol. The van der Waals surface area contributed by atoms with Crippen molar-refractivity contribution in [1.82, 2.24) is 5.32 Å². The van der Waals surface area contributed by atoms with Crippen LogP contribution in [0.2, 0.25) is 0 Å². The smallest absolute Gasteiger partial charge is 0.435 e. The summed E-state index contributed by atoms with van der Waals surface area (Å²) in [6.07, 6.45) is -3.94. The van der Waals surface area contributed by atoms with E-state index in [0.717, 1.165) is 0 Å². The van der Waals surface area contributed by atoms with Crippen molar-refractivity contribution in [1.29, 1.82) is 0 Å². The van der Waals surface area contributed by atoms with Gasteiger partial charge in [0.2, 0.25) is 12.2 Å². The number of nitrogens with one attached hydrogen (secondary N) is 1. The maximum atomic E-state index is 12.0. The van der Waals surface area contributed by atoms with Gasteiger partial charge in [-0.2, -0.15) is 8.42 Å². The van der Waals surface area contributed by atoms with Crippen molar-refractivity contribution in [3.63, 3.8) is 0 Å². The normalized spacial score (nSPS) is 13.9. The lowest BCUT2D eigenvalue weighted by molar-refractivity contribution is -0.184. The molecule has 12 heteroatoms. The van der Waals surface area contributed by atoms with E-state index in [1.165, 1.54) is 27.7 Å². The first-order valence-electron chi connectivity index (χ1n) is 8.64.